The highest BCUT2D eigenvalue weighted by molar-refractivity contribution is 9.09. The molecule has 0 aromatic heterocycles. The van der Waals surface area contributed by atoms with Crippen LogP contribution in [0, 0.1) is 0 Å². The number of rotatable bonds is 7. The van der Waals surface area contributed by atoms with Crippen molar-refractivity contribution in [3.63, 3.8) is 0 Å². The second-order valence-corrected chi connectivity index (χ2v) is 6.37. The van der Waals surface area contributed by atoms with Crippen LogP contribution in [0.25, 0.3) is 0 Å². The molecule has 0 aliphatic carbocycles. The van der Waals surface area contributed by atoms with Crippen LogP contribution in [0.15, 0.2) is 18.2 Å². The number of hydrogen-bond donors (Lipinski definition) is 1. The summed E-state index contributed by atoms with van der Waals surface area (Å²) in [5.41, 5.74) is 1.99. The summed E-state index contributed by atoms with van der Waals surface area (Å²) in [4.78, 5) is 11.7. The van der Waals surface area contributed by atoms with Crippen LogP contribution in [0.2, 0.25) is 0 Å². The van der Waals surface area contributed by atoms with Crippen molar-refractivity contribution in [3.05, 3.63) is 23.8 Å². The van der Waals surface area contributed by atoms with Crippen LogP contribution >= 0.6 is 15.9 Å². The largest absolute Gasteiger partial charge is 0.482 e. The summed E-state index contributed by atoms with van der Waals surface area (Å²) in [7, 11) is 0. The van der Waals surface area contributed by atoms with Gasteiger partial charge < -0.3 is 10.1 Å². The average Bonchev–Trinajstić information content (AvgIpc) is 2.46. The zero-order valence-corrected chi connectivity index (χ0v) is 13.5. The van der Waals surface area contributed by atoms with Gasteiger partial charge in [-0.2, -0.15) is 0 Å². The Bertz CT molecular complexity index is 462. The van der Waals surface area contributed by atoms with E-state index in [0.29, 0.717) is 4.83 Å². The Hall–Kier alpha value is -1.03. The molecule has 4 heteroatoms. The Morgan fingerprint density at radius 1 is 1.30 bits per heavy atom. The van der Waals surface area contributed by atoms with Gasteiger partial charge in [-0.25, -0.2) is 0 Å². The Labute approximate surface area is 129 Å². The van der Waals surface area contributed by atoms with Crippen LogP contribution in [0.1, 0.15) is 55.8 Å². The van der Waals surface area contributed by atoms with E-state index in [0.717, 1.165) is 17.9 Å². The predicted octanol–water partition coefficient (Wildman–Crippen LogP) is 4.81. The van der Waals surface area contributed by atoms with E-state index in [1.54, 1.807) is 0 Å². The molecular weight excluding hydrogens is 318 g/mol. The maximum absolute atomic E-state index is 11.3. The van der Waals surface area contributed by atoms with Gasteiger partial charge >= 0.3 is 0 Å². The number of carbonyl (C=O) groups is 1. The SMILES string of the molecule is CCCCCCCC(Br)c1ccc2c(c1)NC(=O)CO2. The molecule has 0 saturated carbocycles. The summed E-state index contributed by atoms with van der Waals surface area (Å²) in [6.07, 6.45) is 7.58. The Kier molecular flexibility index (Phi) is 5.89. The lowest BCUT2D eigenvalue weighted by Crippen LogP contribution is -2.25. The number of carbonyl (C=O) groups excluding carboxylic acids is 1. The Morgan fingerprint density at radius 3 is 2.90 bits per heavy atom. The van der Waals surface area contributed by atoms with Gasteiger partial charge in [0.15, 0.2) is 6.61 Å². The summed E-state index contributed by atoms with van der Waals surface area (Å²) >= 11 is 3.74. The number of nitrogens with one attached hydrogen (secondary N) is 1. The van der Waals surface area contributed by atoms with Crippen molar-refractivity contribution in [1.82, 2.24) is 0 Å². The molecule has 1 aliphatic heterocycles. The van der Waals surface area contributed by atoms with Crippen LogP contribution in [-0.2, 0) is 4.79 Å². The summed E-state index contributed by atoms with van der Waals surface area (Å²) in [6, 6.07) is 6.02. The summed E-state index contributed by atoms with van der Waals surface area (Å²) in [5, 5.41) is 2.85. The van der Waals surface area contributed by atoms with Crippen molar-refractivity contribution >= 4 is 27.5 Å². The first-order valence-corrected chi connectivity index (χ1v) is 8.33. The zero-order valence-electron chi connectivity index (χ0n) is 12.0. The number of unbranched alkanes of at least 4 members (excludes halogenated alkanes) is 4. The highest BCUT2D eigenvalue weighted by Crippen LogP contribution is 2.35. The lowest BCUT2D eigenvalue weighted by Gasteiger charge is -2.20. The monoisotopic (exact) mass is 339 g/mol. The number of alkyl halides is 1. The molecule has 20 heavy (non-hydrogen) atoms. The van der Waals surface area contributed by atoms with E-state index in [-0.39, 0.29) is 12.5 Å². The first-order valence-electron chi connectivity index (χ1n) is 7.41. The maximum Gasteiger partial charge on any atom is 0.262 e. The van der Waals surface area contributed by atoms with E-state index < -0.39 is 0 Å². The normalized spacial score (nSPS) is 15.2. The number of ether oxygens (including phenoxy) is 1. The van der Waals surface area contributed by atoms with Gasteiger partial charge in [0.05, 0.1) is 5.69 Å². The fourth-order valence-electron chi connectivity index (χ4n) is 2.39. The third-order valence-corrected chi connectivity index (χ3v) is 4.55. The lowest BCUT2D eigenvalue weighted by atomic mass is 10.0. The number of amides is 1. The van der Waals surface area contributed by atoms with E-state index >= 15 is 0 Å². The van der Waals surface area contributed by atoms with E-state index in [1.165, 1.54) is 37.7 Å². The topological polar surface area (TPSA) is 38.3 Å². The molecule has 1 unspecified atom stereocenters. The molecule has 0 spiro atoms. The van der Waals surface area contributed by atoms with Crippen molar-refractivity contribution < 1.29 is 9.53 Å². The standard InChI is InChI=1S/C16H22BrNO2/c1-2-3-4-5-6-7-13(17)12-8-9-15-14(10-12)18-16(19)11-20-15/h8-10,13H,2-7,11H2,1H3,(H,18,19). The average molecular weight is 340 g/mol. The van der Waals surface area contributed by atoms with Gasteiger partial charge in [0.1, 0.15) is 5.75 Å². The Balaban J connectivity index is 1.88. The predicted molar refractivity (Wildman–Crippen MR) is 85.6 cm³/mol. The molecule has 1 aromatic rings. The molecule has 2 rings (SSSR count). The number of fused-ring (bicyclic) bond motifs is 1. The van der Waals surface area contributed by atoms with E-state index in [9.17, 15) is 4.79 Å². The van der Waals surface area contributed by atoms with Crippen LogP contribution in [0.4, 0.5) is 5.69 Å². The molecule has 1 N–H and O–H groups in total. The zero-order chi connectivity index (χ0) is 14.4. The van der Waals surface area contributed by atoms with Crippen molar-refractivity contribution in [1.29, 1.82) is 0 Å². The molecule has 0 radical (unpaired) electrons. The first kappa shape index (κ1) is 15.4. The second-order valence-electron chi connectivity index (χ2n) is 5.26. The molecule has 0 fully saturated rings. The van der Waals surface area contributed by atoms with Crippen LogP contribution in [-0.4, -0.2) is 12.5 Å². The molecule has 1 amide bonds. The minimum Gasteiger partial charge on any atom is -0.482 e. The smallest absolute Gasteiger partial charge is 0.262 e. The summed E-state index contributed by atoms with van der Waals surface area (Å²) < 4.78 is 5.37. The highest BCUT2D eigenvalue weighted by Gasteiger charge is 2.17. The number of anilines is 1. The molecule has 0 bridgehead atoms. The van der Waals surface area contributed by atoms with Crippen LogP contribution in [0.5, 0.6) is 5.75 Å². The molecule has 1 heterocycles. The second kappa shape index (κ2) is 7.67. The first-order chi connectivity index (χ1) is 9.70. The van der Waals surface area contributed by atoms with E-state index in [1.807, 2.05) is 12.1 Å². The van der Waals surface area contributed by atoms with Crippen LogP contribution < -0.4 is 10.1 Å². The van der Waals surface area contributed by atoms with Crippen LogP contribution in [0.3, 0.4) is 0 Å². The van der Waals surface area contributed by atoms with Gasteiger partial charge in [0, 0.05) is 4.83 Å². The van der Waals surface area contributed by atoms with Gasteiger partial charge in [0.2, 0.25) is 0 Å². The van der Waals surface area contributed by atoms with Gasteiger partial charge in [-0.05, 0) is 24.1 Å². The molecule has 110 valence electrons. The number of halogens is 1. The minimum atomic E-state index is -0.0830. The van der Waals surface area contributed by atoms with Gasteiger partial charge in [-0.3, -0.25) is 4.79 Å². The maximum atomic E-state index is 11.3. The molecule has 3 nitrogen and oxygen atoms in total. The molecular formula is C16H22BrNO2. The molecule has 0 saturated heterocycles. The fourth-order valence-corrected chi connectivity index (χ4v) is 3.00. The van der Waals surface area contributed by atoms with Gasteiger partial charge in [-0.1, -0.05) is 61.0 Å². The van der Waals surface area contributed by atoms with E-state index in [4.69, 9.17) is 4.74 Å². The summed E-state index contributed by atoms with van der Waals surface area (Å²) in [5.74, 6) is 0.677. The Morgan fingerprint density at radius 2 is 2.10 bits per heavy atom. The third kappa shape index (κ3) is 4.23. The molecule has 1 aliphatic rings. The minimum absolute atomic E-state index is 0.0830. The lowest BCUT2D eigenvalue weighted by molar-refractivity contribution is -0.118. The van der Waals surface area contributed by atoms with Crippen molar-refractivity contribution in [2.24, 2.45) is 0 Å². The highest BCUT2D eigenvalue weighted by atomic mass is 79.9. The number of hydrogen-bond acceptors (Lipinski definition) is 2. The van der Waals surface area contributed by atoms with Gasteiger partial charge in [-0.15, -0.1) is 0 Å². The fraction of sp³-hybridized carbons (Fsp3) is 0.562. The van der Waals surface area contributed by atoms with Crippen molar-refractivity contribution in [3.8, 4) is 5.75 Å². The van der Waals surface area contributed by atoms with Crippen molar-refractivity contribution in [2.45, 2.75) is 50.3 Å². The van der Waals surface area contributed by atoms with Gasteiger partial charge in [0.25, 0.3) is 5.91 Å². The number of benzene rings is 1. The quantitative estimate of drug-likeness (QED) is 0.571. The van der Waals surface area contributed by atoms with E-state index in [2.05, 4.69) is 34.2 Å². The molecule has 1 aromatic carbocycles. The summed E-state index contributed by atoms with van der Waals surface area (Å²) in [6.45, 7) is 2.35. The van der Waals surface area contributed by atoms with Crippen molar-refractivity contribution in [2.75, 3.05) is 11.9 Å². The molecule has 1 atom stereocenters. The third-order valence-electron chi connectivity index (χ3n) is 3.56.